The molecule has 2 aromatic rings. The van der Waals surface area contributed by atoms with E-state index in [0.29, 0.717) is 16.2 Å². The fourth-order valence-electron chi connectivity index (χ4n) is 3.33. The summed E-state index contributed by atoms with van der Waals surface area (Å²) in [5.74, 6) is -0.309. The van der Waals surface area contributed by atoms with Crippen LogP contribution in [0.3, 0.4) is 0 Å². The van der Waals surface area contributed by atoms with Crippen LogP contribution < -0.4 is 4.90 Å². The number of hydrogen-bond donors (Lipinski definition) is 0. The lowest BCUT2D eigenvalue weighted by atomic mass is 9.99. The van der Waals surface area contributed by atoms with Gasteiger partial charge in [0.05, 0.1) is 22.1 Å². The number of allylic oxidation sites excluding steroid dienone is 2. The highest BCUT2D eigenvalue weighted by Crippen LogP contribution is 2.36. The zero-order chi connectivity index (χ0) is 25.3. The molecule has 3 rings (SSSR count). The number of fused-ring (bicyclic) bond motifs is 1. The van der Waals surface area contributed by atoms with Crippen molar-refractivity contribution in [2.24, 2.45) is 4.99 Å². The third-order valence-corrected chi connectivity index (χ3v) is 4.86. The normalized spacial score (nSPS) is 17.0. The summed E-state index contributed by atoms with van der Waals surface area (Å²) < 4.78 is 84.3. The maximum absolute atomic E-state index is 12.8. The summed E-state index contributed by atoms with van der Waals surface area (Å²) in [5, 5.41) is -0.209. The van der Waals surface area contributed by atoms with Crippen LogP contribution in [0.5, 0.6) is 0 Å². The van der Waals surface area contributed by atoms with E-state index in [2.05, 4.69) is 19.5 Å². The third-order valence-electron chi connectivity index (χ3n) is 4.56. The summed E-state index contributed by atoms with van der Waals surface area (Å²) in [5.41, 5.74) is 1.03. The number of aliphatic imine (C=N–C) groups is 1. The Labute approximate surface area is 194 Å². The van der Waals surface area contributed by atoms with Crippen LogP contribution in [0.4, 0.5) is 37.7 Å². The molecule has 0 radical (unpaired) electrons. The summed E-state index contributed by atoms with van der Waals surface area (Å²) in [7, 11) is 0. The molecular formula is C21H16ClF6N3O3. The Bertz CT molecular complexity index is 1110. The van der Waals surface area contributed by atoms with Crippen molar-refractivity contribution in [3.05, 3.63) is 65.0 Å². The SMILES string of the molecule is CC(OC(F)(F)F)N(c1ccc(/N=C2\C=CC(=O)c3ncccc32)cc1Cl)C(C)OC(F)(F)F. The van der Waals surface area contributed by atoms with Crippen LogP contribution in [-0.2, 0) is 9.47 Å². The number of alkyl halides is 6. The molecule has 1 aromatic heterocycles. The summed E-state index contributed by atoms with van der Waals surface area (Å²) in [6.07, 6.45) is -9.91. The van der Waals surface area contributed by atoms with Crippen molar-refractivity contribution in [2.75, 3.05) is 4.90 Å². The van der Waals surface area contributed by atoms with Gasteiger partial charge in [0.1, 0.15) is 18.1 Å². The maximum atomic E-state index is 12.8. The van der Waals surface area contributed by atoms with Crippen molar-refractivity contribution >= 4 is 34.5 Å². The molecule has 0 fully saturated rings. The second-order valence-corrected chi connectivity index (χ2v) is 7.37. The molecule has 0 bridgehead atoms. The largest absolute Gasteiger partial charge is 0.524 e. The third kappa shape index (κ3) is 6.33. The average Bonchev–Trinajstić information content (AvgIpc) is 2.69. The van der Waals surface area contributed by atoms with Gasteiger partial charge in [-0.2, -0.15) is 0 Å². The van der Waals surface area contributed by atoms with Crippen molar-refractivity contribution in [2.45, 2.75) is 39.0 Å². The number of carbonyl (C=O) groups is 1. The van der Waals surface area contributed by atoms with Crippen LogP contribution in [0.2, 0.25) is 5.02 Å². The van der Waals surface area contributed by atoms with E-state index in [1.54, 1.807) is 12.1 Å². The van der Waals surface area contributed by atoms with E-state index in [-0.39, 0.29) is 27.9 Å². The second kappa shape index (κ2) is 9.72. The van der Waals surface area contributed by atoms with E-state index in [1.165, 1.54) is 36.5 Å². The number of ether oxygens (including phenoxy) is 2. The van der Waals surface area contributed by atoms with Crippen molar-refractivity contribution in [3.8, 4) is 0 Å². The first-order valence-electron chi connectivity index (χ1n) is 9.58. The van der Waals surface area contributed by atoms with Crippen LogP contribution in [0.15, 0.2) is 53.7 Å². The minimum Gasteiger partial charge on any atom is -0.318 e. The fraction of sp³-hybridized carbons (Fsp3) is 0.286. The van der Waals surface area contributed by atoms with E-state index >= 15 is 0 Å². The number of aromatic nitrogens is 1. The molecule has 0 saturated carbocycles. The average molecular weight is 508 g/mol. The highest BCUT2D eigenvalue weighted by Gasteiger charge is 2.40. The van der Waals surface area contributed by atoms with Crippen molar-refractivity contribution in [1.29, 1.82) is 0 Å². The quantitative estimate of drug-likeness (QED) is 0.345. The molecule has 2 unspecified atom stereocenters. The molecule has 0 spiro atoms. The Morgan fingerprint density at radius 2 is 1.62 bits per heavy atom. The number of anilines is 1. The molecule has 1 aliphatic rings. The molecular weight excluding hydrogens is 492 g/mol. The van der Waals surface area contributed by atoms with Gasteiger partial charge in [0.25, 0.3) is 0 Å². The lowest BCUT2D eigenvalue weighted by Crippen LogP contribution is -2.47. The number of hydrogen-bond acceptors (Lipinski definition) is 6. The topological polar surface area (TPSA) is 64.0 Å². The van der Waals surface area contributed by atoms with Gasteiger partial charge >= 0.3 is 12.7 Å². The van der Waals surface area contributed by atoms with E-state index in [4.69, 9.17) is 11.6 Å². The molecule has 1 heterocycles. The van der Waals surface area contributed by atoms with Gasteiger partial charge in [-0.15, -0.1) is 26.3 Å². The van der Waals surface area contributed by atoms with Gasteiger partial charge in [-0.05, 0) is 56.3 Å². The molecule has 0 amide bonds. The minimum absolute atomic E-state index is 0.189. The minimum atomic E-state index is -5.12. The van der Waals surface area contributed by atoms with Crippen molar-refractivity contribution < 1.29 is 40.6 Å². The number of carbonyl (C=O) groups excluding carboxylic acids is 1. The Morgan fingerprint density at radius 3 is 2.18 bits per heavy atom. The van der Waals surface area contributed by atoms with Crippen LogP contribution in [-0.4, -0.2) is 41.7 Å². The first kappa shape index (κ1) is 25.7. The van der Waals surface area contributed by atoms with E-state index in [9.17, 15) is 31.1 Å². The van der Waals surface area contributed by atoms with Gasteiger partial charge < -0.3 is 4.90 Å². The van der Waals surface area contributed by atoms with Crippen LogP contribution in [0.1, 0.15) is 29.9 Å². The summed E-state index contributed by atoms with van der Waals surface area (Å²) >= 11 is 6.23. The lowest BCUT2D eigenvalue weighted by molar-refractivity contribution is -0.356. The summed E-state index contributed by atoms with van der Waals surface area (Å²) in [4.78, 5) is 21.0. The molecule has 13 heteroatoms. The molecule has 6 nitrogen and oxygen atoms in total. The van der Waals surface area contributed by atoms with E-state index in [0.717, 1.165) is 13.8 Å². The Balaban J connectivity index is 1.98. The second-order valence-electron chi connectivity index (χ2n) is 6.96. The molecule has 2 atom stereocenters. The number of rotatable bonds is 6. The Kier molecular flexibility index (Phi) is 7.34. The number of halogens is 7. The fourth-order valence-corrected chi connectivity index (χ4v) is 3.60. The number of benzene rings is 1. The Morgan fingerprint density at radius 1 is 1.00 bits per heavy atom. The lowest BCUT2D eigenvalue weighted by Gasteiger charge is -2.36. The van der Waals surface area contributed by atoms with Gasteiger partial charge in [0.2, 0.25) is 5.78 Å². The predicted octanol–water partition coefficient (Wildman–Crippen LogP) is 6.18. The molecule has 182 valence electrons. The maximum Gasteiger partial charge on any atom is 0.524 e. The summed E-state index contributed by atoms with van der Waals surface area (Å²) in [6.45, 7) is 1.81. The van der Waals surface area contributed by atoms with Crippen LogP contribution in [0.25, 0.3) is 0 Å². The number of ketones is 1. The first-order chi connectivity index (χ1) is 15.7. The molecule has 0 aliphatic heterocycles. The molecule has 1 aromatic carbocycles. The zero-order valence-corrected chi connectivity index (χ0v) is 18.2. The zero-order valence-electron chi connectivity index (χ0n) is 17.5. The highest BCUT2D eigenvalue weighted by molar-refractivity contribution is 6.33. The smallest absolute Gasteiger partial charge is 0.318 e. The molecule has 1 aliphatic carbocycles. The Hall–Kier alpha value is -2.96. The monoisotopic (exact) mass is 507 g/mol. The van der Waals surface area contributed by atoms with Crippen LogP contribution >= 0.6 is 11.6 Å². The predicted molar refractivity (Wildman–Crippen MR) is 111 cm³/mol. The highest BCUT2D eigenvalue weighted by atomic mass is 35.5. The first-order valence-corrected chi connectivity index (χ1v) is 9.96. The van der Waals surface area contributed by atoms with Crippen molar-refractivity contribution in [1.82, 2.24) is 4.98 Å². The van der Waals surface area contributed by atoms with Gasteiger partial charge in [-0.3, -0.25) is 19.3 Å². The molecule has 0 saturated heterocycles. The van der Waals surface area contributed by atoms with Gasteiger partial charge in [0.15, 0.2) is 0 Å². The molecule has 0 N–H and O–H groups in total. The van der Waals surface area contributed by atoms with Crippen molar-refractivity contribution in [3.63, 3.8) is 0 Å². The summed E-state index contributed by atoms with van der Waals surface area (Å²) in [6, 6.07) is 7.02. The number of nitrogens with zero attached hydrogens (tertiary/aromatic N) is 3. The standard InChI is InChI=1S/C21H16ClF6N3O3/c1-11(33-20(23,24)25)31(12(2)34-21(26,27)28)17-7-5-13(10-15(17)22)30-16-6-8-18(32)19-14(16)4-3-9-29-19/h3-12H,1-2H3/b30-16+. The molecule has 34 heavy (non-hydrogen) atoms. The van der Waals surface area contributed by atoms with Crippen LogP contribution in [0, 0.1) is 0 Å². The van der Waals surface area contributed by atoms with Gasteiger partial charge in [-0.1, -0.05) is 11.6 Å². The van der Waals surface area contributed by atoms with E-state index in [1.807, 2.05) is 0 Å². The van der Waals surface area contributed by atoms with E-state index < -0.39 is 25.2 Å². The van der Waals surface area contributed by atoms with Gasteiger partial charge in [0, 0.05) is 11.8 Å². The number of pyridine rings is 1. The van der Waals surface area contributed by atoms with Gasteiger partial charge in [-0.25, -0.2) is 4.99 Å².